The van der Waals surface area contributed by atoms with Gasteiger partial charge < -0.3 is 9.88 Å². The molecule has 0 aliphatic carbocycles. The molecule has 4 nitrogen and oxygen atoms in total. The quantitative estimate of drug-likeness (QED) is 0.437. The molecule has 1 unspecified atom stereocenters. The molecule has 29 heavy (non-hydrogen) atoms. The van der Waals surface area contributed by atoms with Crippen LogP contribution in [0.5, 0.6) is 0 Å². The van der Waals surface area contributed by atoms with E-state index in [1.54, 1.807) is 0 Å². The van der Waals surface area contributed by atoms with Gasteiger partial charge in [-0.05, 0) is 47.0 Å². The average Bonchev–Trinajstić information content (AvgIpc) is 3.41. The first-order chi connectivity index (χ1) is 14.2. The Labute approximate surface area is 175 Å². The summed E-state index contributed by atoms with van der Waals surface area (Å²) in [5.41, 5.74) is 4.63. The minimum absolute atomic E-state index is 0.0588. The van der Waals surface area contributed by atoms with Crippen LogP contribution in [-0.4, -0.2) is 15.5 Å². The van der Waals surface area contributed by atoms with Crippen molar-refractivity contribution in [1.29, 1.82) is 0 Å². The van der Waals surface area contributed by atoms with Crippen LogP contribution in [0.25, 0.3) is 11.0 Å². The Morgan fingerprint density at radius 3 is 2.62 bits per heavy atom. The van der Waals surface area contributed by atoms with E-state index in [0.29, 0.717) is 17.3 Å². The number of nitrogens with zero attached hydrogens (tertiary/aromatic N) is 2. The zero-order chi connectivity index (χ0) is 20.2. The summed E-state index contributed by atoms with van der Waals surface area (Å²) in [5, 5.41) is 4.92. The fourth-order valence-corrected chi connectivity index (χ4v) is 4.10. The molecule has 1 N–H and O–H groups in total. The van der Waals surface area contributed by atoms with Crippen LogP contribution in [0.4, 0.5) is 0 Å². The van der Waals surface area contributed by atoms with Crippen LogP contribution in [0.15, 0.2) is 66.0 Å². The van der Waals surface area contributed by atoms with Gasteiger partial charge in [-0.25, -0.2) is 4.98 Å². The van der Waals surface area contributed by atoms with Crippen molar-refractivity contribution < 1.29 is 4.79 Å². The summed E-state index contributed by atoms with van der Waals surface area (Å²) < 4.78 is 2.20. The second-order valence-electron chi connectivity index (χ2n) is 7.31. The lowest BCUT2D eigenvalue weighted by Gasteiger charge is -2.12. The SMILES string of the molecule is CCC(C)c1ccc(Cn2c(CNC(=O)c3cccs3)nc3ccccc32)cc1. The van der Waals surface area contributed by atoms with Crippen molar-refractivity contribution in [1.82, 2.24) is 14.9 Å². The maximum Gasteiger partial charge on any atom is 0.261 e. The van der Waals surface area contributed by atoms with Crippen LogP contribution >= 0.6 is 11.3 Å². The molecule has 1 amide bonds. The highest BCUT2D eigenvalue weighted by Gasteiger charge is 2.13. The lowest BCUT2D eigenvalue weighted by molar-refractivity contribution is 0.0953. The number of para-hydroxylation sites is 2. The second kappa shape index (κ2) is 8.62. The van der Waals surface area contributed by atoms with Gasteiger partial charge in [-0.3, -0.25) is 4.79 Å². The molecule has 0 saturated heterocycles. The normalized spacial score (nSPS) is 12.2. The molecule has 148 valence electrons. The van der Waals surface area contributed by atoms with Crippen molar-refractivity contribution in [2.45, 2.75) is 39.3 Å². The van der Waals surface area contributed by atoms with Crippen molar-refractivity contribution >= 4 is 28.3 Å². The molecule has 0 bridgehead atoms. The standard InChI is InChI=1S/C24H25N3OS/c1-3-17(2)19-12-10-18(11-13-19)16-27-21-8-5-4-7-20(21)26-23(27)15-25-24(28)22-9-6-14-29-22/h4-14,17H,3,15-16H2,1-2H3,(H,25,28). The van der Waals surface area contributed by atoms with E-state index in [9.17, 15) is 4.79 Å². The van der Waals surface area contributed by atoms with Gasteiger partial charge in [-0.15, -0.1) is 11.3 Å². The van der Waals surface area contributed by atoms with Crippen LogP contribution < -0.4 is 5.32 Å². The minimum atomic E-state index is -0.0588. The Bertz CT molecular complexity index is 1100. The zero-order valence-electron chi connectivity index (χ0n) is 16.8. The molecule has 4 aromatic rings. The molecule has 2 aromatic heterocycles. The first-order valence-corrected chi connectivity index (χ1v) is 10.9. The van der Waals surface area contributed by atoms with E-state index in [1.165, 1.54) is 22.5 Å². The summed E-state index contributed by atoms with van der Waals surface area (Å²) in [6, 6.07) is 20.7. The molecule has 0 radical (unpaired) electrons. The van der Waals surface area contributed by atoms with Crippen LogP contribution in [0.1, 0.15) is 52.8 Å². The highest BCUT2D eigenvalue weighted by Crippen LogP contribution is 2.21. The maximum absolute atomic E-state index is 12.4. The Morgan fingerprint density at radius 1 is 1.10 bits per heavy atom. The Balaban J connectivity index is 1.59. The first-order valence-electron chi connectivity index (χ1n) is 10.0. The number of fused-ring (bicyclic) bond motifs is 1. The lowest BCUT2D eigenvalue weighted by Crippen LogP contribution is -2.24. The molecule has 2 heterocycles. The molecular weight excluding hydrogens is 378 g/mol. The summed E-state index contributed by atoms with van der Waals surface area (Å²) in [7, 11) is 0. The van der Waals surface area contributed by atoms with Gasteiger partial charge in [-0.2, -0.15) is 0 Å². The van der Waals surface area contributed by atoms with E-state index in [4.69, 9.17) is 4.98 Å². The van der Waals surface area contributed by atoms with Gasteiger partial charge in [0.05, 0.1) is 22.5 Å². The molecule has 5 heteroatoms. The first kappa shape index (κ1) is 19.4. The summed E-state index contributed by atoms with van der Waals surface area (Å²) in [5.74, 6) is 1.37. The van der Waals surface area contributed by atoms with Gasteiger partial charge in [0.2, 0.25) is 0 Å². The highest BCUT2D eigenvalue weighted by atomic mass is 32.1. The number of hydrogen-bond donors (Lipinski definition) is 1. The minimum Gasteiger partial charge on any atom is -0.344 e. The number of hydrogen-bond acceptors (Lipinski definition) is 3. The zero-order valence-corrected chi connectivity index (χ0v) is 17.6. The number of amides is 1. The van der Waals surface area contributed by atoms with Crippen molar-refractivity contribution in [3.8, 4) is 0 Å². The molecule has 0 spiro atoms. The van der Waals surface area contributed by atoms with Crippen molar-refractivity contribution in [3.05, 3.63) is 87.9 Å². The number of nitrogens with one attached hydrogen (secondary N) is 1. The Morgan fingerprint density at radius 2 is 1.90 bits per heavy atom. The third-order valence-corrected chi connectivity index (χ3v) is 6.26. The number of thiophene rings is 1. The Hall–Kier alpha value is -2.92. The van der Waals surface area contributed by atoms with E-state index in [-0.39, 0.29) is 5.91 Å². The third kappa shape index (κ3) is 4.25. The molecular formula is C24H25N3OS. The number of imidazole rings is 1. The van der Waals surface area contributed by atoms with Crippen LogP contribution in [0.3, 0.4) is 0 Å². The lowest BCUT2D eigenvalue weighted by atomic mass is 9.98. The highest BCUT2D eigenvalue weighted by molar-refractivity contribution is 7.12. The van der Waals surface area contributed by atoms with Gasteiger partial charge in [0.15, 0.2) is 0 Å². The van der Waals surface area contributed by atoms with Crippen LogP contribution in [0, 0.1) is 0 Å². The van der Waals surface area contributed by atoms with Gasteiger partial charge in [-0.1, -0.05) is 56.3 Å². The van der Waals surface area contributed by atoms with Gasteiger partial charge in [0.25, 0.3) is 5.91 Å². The number of aromatic nitrogens is 2. The molecule has 2 aromatic carbocycles. The predicted octanol–water partition coefficient (Wildman–Crippen LogP) is 5.59. The fourth-order valence-electron chi connectivity index (χ4n) is 3.46. The van der Waals surface area contributed by atoms with Gasteiger partial charge in [0, 0.05) is 6.54 Å². The number of benzene rings is 2. The number of carbonyl (C=O) groups is 1. The monoisotopic (exact) mass is 403 g/mol. The van der Waals surface area contributed by atoms with E-state index in [1.807, 2.05) is 35.7 Å². The van der Waals surface area contributed by atoms with Crippen LogP contribution in [-0.2, 0) is 13.1 Å². The van der Waals surface area contributed by atoms with E-state index < -0.39 is 0 Å². The summed E-state index contributed by atoms with van der Waals surface area (Å²) >= 11 is 1.44. The Kier molecular flexibility index (Phi) is 5.76. The molecule has 0 aliphatic rings. The largest absolute Gasteiger partial charge is 0.344 e. The van der Waals surface area contributed by atoms with Crippen molar-refractivity contribution in [2.24, 2.45) is 0 Å². The second-order valence-corrected chi connectivity index (χ2v) is 8.26. The summed E-state index contributed by atoms with van der Waals surface area (Å²) in [6.07, 6.45) is 1.14. The molecule has 0 aliphatic heterocycles. The van der Waals surface area contributed by atoms with Crippen molar-refractivity contribution in [3.63, 3.8) is 0 Å². The summed E-state index contributed by atoms with van der Waals surface area (Å²) in [6.45, 7) is 5.60. The molecule has 1 atom stereocenters. The maximum atomic E-state index is 12.4. The third-order valence-electron chi connectivity index (χ3n) is 5.39. The van der Waals surface area contributed by atoms with E-state index in [2.05, 4.69) is 54.1 Å². The van der Waals surface area contributed by atoms with Crippen molar-refractivity contribution in [2.75, 3.05) is 0 Å². The average molecular weight is 404 g/mol. The molecule has 4 rings (SSSR count). The van der Waals surface area contributed by atoms with Crippen LogP contribution in [0.2, 0.25) is 0 Å². The smallest absolute Gasteiger partial charge is 0.261 e. The number of carbonyl (C=O) groups excluding carboxylic acids is 1. The fraction of sp³-hybridized carbons (Fsp3) is 0.250. The summed E-state index contributed by atoms with van der Waals surface area (Å²) in [4.78, 5) is 17.8. The molecule has 0 fully saturated rings. The van der Waals surface area contributed by atoms with Gasteiger partial charge >= 0.3 is 0 Å². The predicted molar refractivity (Wildman–Crippen MR) is 119 cm³/mol. The number of rotatable bonds is 7. The van der Waals surface area contributed by atoms with Gasteiger partial charge in [0.1, 0.15) is 5.82 Å². The topological polar surface area (TPSA) is 46.9 Å². The molecule has 0 saturated carbocycles. The van der Waals surface area contributed by atoms with E-state index >= 15 is 0 Å². The van der Waals surface area contributed by atoms with E-state index in [0.717, 1.165) is 29.8 Å².